The van der Waals surface area contributed by atoms with Gasteiger partial charge in [-0.05, 0) is 18.5 Å². The molecular formula is C14H20N2O4S. The summed E-state index contributed by atoms with van der Waals surface area (Å²) < 4.78 is 15.8. The molecule has 3 heterocycles. The van der Waals surface area contributed by atoms with Crippen LogP contribution in [0.5, 0.6) is 0 Å². The maximum atomic E-state index is 12.2. The predicted octanol–water partition coefficient (Wildman–Crippen LogP) is 0.989. The number of nitrogens with one attached hydrogen (secondary N) is 1. The fourth-order valence-electron chi connectivity index (χ4n) is 2.88. The van der Waals surface area contributed by atoms with Gasteiger partial charge in [0.2, 0.25) is 5.79 Å². The molecule has 0 atom stereocenters. The van der Waals surface area contributed by atoms with E-state index in [9.17, 15) is 4.79 Å². The standard InChI is InChI=1S/C14H20N2O4S/c1-18-13(17)11-9-4-5-15-6-10(9)21-12(11)16-7-14(8-16,19-2)20-3/h15H,4-8H2,1-3H3. The summed E-state index contributed by atoms with van der Waals surface area (Å²) in [5.41, 5.74) is 1.85. The summed E-state index contributed by atoms with van der Waals surface area (Å²) in [6.45, 7) is 2.96. The maximum Gasteiger partial charge on any atom is 0.341 e. The molecule has 0 unspecified atom stereocenters. The molecule has 116 valence electrons. The molecule has 1 N–H and O–H groups in total. The van der Waals surface area contributed by atoms with Crippen molar-refractivity contribution >= 4 is 22.3 Å². The molecule has 1 aromatic rings. The highest BCUT2D eigenvalue weighted by Gasteiger charge is 2.46. The molecule has 0 radical (unpaired) electrons. The van der Waals surface area contributed by atoms with Gasteiger partial charge < -0.3 is 24.4 Å². The molecule has 0 spiro atoms. The zero-order valence-electron chi connectivity index (χ0n) is 12.5. The fraction of sp³-hybridized carbons (Fsp3) is 0.643. The summed E-state index contributed by atoms with van der Waals surface area (Å²) in [6.07, 6.45) is 0.865. The number of nitrogens with zero attached hydrogens (tertiary/aromatic N) is 1. The van der Waals surface area contributed by atoms with Crippen LogP contribution < -0.4 is 10.2 Å². The minimum atomic E-state index is -0.559. The van der Waals surface area contributed by atoms with Crippen LogP contribution >= 0.6 is 11.3 Å². The van der Waals surface area contributed by atoms with E-state index in [-0.39, 0.29) is 5.97 Å². The number of rotatable bonds is 4. The third-order valence-corrected chi connectivity index (χ3v) is 5.49. The molecule has 1 fully saturated rings. The van der Waals surface area contributed by atoms with E-state index < -0.39 is 5.79 Å². The summed E-state index contributed by atoms with van der Waals surface area (Å²) in [5.74, 6) is -0.812. The van der Waals surface area contributed by atoms with Gasteiger partial charge in [-0.15, -0.1) is 11.3 Å². The Hall–Kier alpha value is -1.15. The summed E-state index contributed by atoms with van der Waals surface area (Å²) in [7, 11) is 4.72. The van der Waals surface area contributed by atoms with Gasteiger partial charge in [0.25, 0.3) is 0 Å². The lowest BCUT2D eigenvalue weighted by atomic mass is 10.0. The van der Waals surface area contributed by atoms with Gasteiger partial charge in [-0.25, -0.2) is 4.79 Å². The second-order valence-corrected chi connectivity index (χ2v) is 6.36. The number of anilines is 1. The summed E-state index contributed by atoms with van der Waals surface area (Å²) >= 11 is 1.66. The Balaban J connectivity index is 1.92. The Morgan fingerprint density at radius 2 is 2.00 bits per heavy atom. The van der Waals surface area contributed by atoms with Crippen molar-refractivity contribution in [2.75, 3.05) is 45.9 Å². The molecular weight excluding hydrogens is 292 g/mol. The van der Waals surface area contributed by atoms with E-state index in [4.69, 9.17) is 14.2 Å². The van der Waals surface area contributed by atoms with Crippen LogP contribution in [0.2, 0.25) is 0 Å². The lowest BCUT2D eigenvalue weighted by Crippen LogP contribution is -2.64. The predicted molar refractivity (Wildman–Crippen MR) is 80.0 cm³/mol. The molecule has 0 aliphatic carbocycles. The number of esters is 1. The highest BCUT2D eigenvalue weighted by molar-refractivity contribution is 7.16. The minimum absolute atomic E-state index is 0.253. The number of hydrogen-bond donors (Lipinski definition) is 1. The normalized spacial score (nSPS) is 19.9. The molecule has 1 saturated heterocycles. The van der Waals surface area contributed by atoms with Gasteiger partial charge in [0.15, 0.2) is 0 Å². The van der Waals surface area contributed by atoms with Gasteiger partial charge in [0.05, 0.1) is 25.8 Å². The second-order valence-electron chi connectivity index (χ2n) is 5.28. The van der Waals surface area contributed by atoms with Gasteiger partial charge in [0, 0.05) is 25.6 Å². The number of hydrogen-bond acceptors (Lipinski definition) is 7. The lowest BCUT2D eigenvalue weighted by Gasteiger charge is -2.48. The van der Waals surface area contributed by atoms with Gasteiger partial charge in [0.1, 0.15) is 5.00 Å². The van der Waals surface area contributed by atoms with E-state index in [1.807, 2.05) is 0 Å². The number of carbonyl (C=O) groups is 1. The van der Waals surface area contributed by atoms with Crippen LogP contribution in [0.3, 0.4) is 0 Å². The highest BCUT2D eigenvalue weighted by Crippen LogP contribution is 2.42. The van der Waals surface area contributed by atoms with Crippen LogP contribution in [0.1, 0.15) is 20.8 Å². The first-order valence-corrected chi connectivity index (χ1v) is 7.74. The lowest BCUT2D eigenvalue weighted by molar-refractivity contribution is -0.219. The Morgan fingerprint density at radius 1 is 1.29 bits per heavy atom. The Bertz CT molecular complexity index is 545. The van der Waals surface area contributed by atoms with Crippen LogP contribution in [-0.4, -0.2) is 52.7 Å². The maximum absolute atomic E-state index is 12.2. The number of methoxy groups -OCH3 is 3. The molecule has 6 nitrogen and oxygen atoms in total. The van der Waals surface area contributed by atoms with Crippen molar-refractivity contribution in [1.29, 1.82) is 0 Å². The molecule has 2 aliphatic rings. The minimum Gasteiger partial charge on any atom is -0.465 e. The van der Waals surface area contributed by atoms with Crippen LogP contribution in [0.25, 0.3) is 0 Å². The first-order chi connectivity index (χ1) is 10.1. The molecule has 1 aromatic heterocycles. The molecule has 21 heavy (non-hydrogen) atoms. The molecule has 7 heteroatoms. The van der Waals surface area contributed by atoms with E-state index in [1.54, 1.807) is 25.6 Å². The average molecular weight is 312 g/mol. The van der Waals surface area contributed by atoms with Crippen molar-refractivity contribution in [3.8, 4) is 0 Å². The quantitative estimate of drug-likeness (QED) is 0.661. The molecule has 3 rings (SSSR count). The molecule has 2 aliphatic heterocycles. The van der Waals surface area contributed by atoms with Crippen LogP contribution in [-0.2, 0) is 27.2 Å². The Labute approximate surface area is 128 Å². The molecule has 0 saturated carbocycles. The third kappa shape index (κ3) is 2.34. The van der Waals surface area contributed by atoms with Crippen molar-refractivity contribution < 1.29 is 19.0 Å². The molecule has 0 amide bonds. The number of fused-ring (bicyclic) bond motifs is 1. The van der Waals surface area contributed by atoms with E-state index in [1.165, 1.54) is 12.0 Å². The van der Waals surface area contributed by atoms with E-state index in [0.717, 1.165) is 35.6 Å². The monoisotopic (exact) mass is 312 g/mol. The van der Waals surface area contributed by atoms with E-state index >= 15 is 0 Å². The summed E-state index contributed by atoms with van der Waals surface area (Å²) in [6, 6.07) is 0. The van der Waals surface area contributed by atoms with E-state index in [2.05, 4.69) is 10.2 Å². The summed E-state index contributed by atoms with van der Waals surface area (Å²) in [4.78, 5) is 15.5. The second kappa shape index (κ2) is 5.57. The van der Waals surface area contributed by atoms with Crippen LogP contribution in [0, 0.1) is 0 Å². The van der Waals surface area contributed by atoms with Gasteiger partial charge in [-0.2, -0.15) is 0 Å². The number of thiophene rings is 1. The molecule has 0 bridgehead atoms. The van der Waals surface area contributed by atoms with Crippen molar-refractivity contribution in [2.45, 2.75) is 18.8 Å². The molecule has 0 aromatic carbocycles. The number of ether oxygens (including phenoxy) is 3. The van der Waals surface area contributed by atoms with Gasteiger partial charge >= 0.3 is 5.97 Å². The first-order valence-electron chi connectivity index (χ1n) is 6.93. The number of carbonyl (C=O) groups excluding carboxylic acids is 1. The van der Waals surface area contributed by atoms with Crippen LogP contribution in [0.4, 0.5) is 5.00 Å². The van der Waals surface area contributed by atoms with E-state index in [0.29, 0.717) is 13.1 Å². The Morgan fingerprint density at radius 3 is 2.62 bits per heavy atom. The zero-order chi connectivity index (χ0) is 15.0. The average Bonchev–Trinajstić information content (AvgIpc) is 2.85. The third-order valence-electron chi connectivity index (χ3n) is 4.19. The SMILES string of the molecule is COC(=O)c1c(N2CC(OC)(OC)C2)sc2c1CCNC2. The van der Waals surface area contributed by atoms with Crippen molar-refractivity contribution in [3.63, 3.8) is 0 Å². The highest BCUT2D eigenvalue weighted by atomic mass is 32.1. The Kier molecular flexibility index (Phi) is 3.92. The van der Waals surface area contributed by atoms with Gasteiger partial charge in [-0.1, -0.05) is 0 Å². The van der Waals surface area contributed by atoms with Crippen LogP contribution in [0.15, 0.2) is 0 Å². The smallest absolute Gasteiger partial charge is 0.341 e. The van der Waals surface area contributed by atoms with Crippen molar-refractivity contribution in [3.05, 3.63) is 16.0 Å². The largest absolute Gasteiger partial charge is 0.465 e. The zero-order valence-corrected chi connectivity index (χ0v) is 13.3. The first kappa shape index (κ1) is 14.8. The summed E-state index contributed by atoms with van der Waals surface area (Å²) in [5, 5.41) is 4.31. The van der Waals surface area contributed by atoms with Crippen molar-refractivity contribution in [2.24, 2.45) is 0 Å². The fourth-order valence-corrected chi connectivity index (χ4v) is 4.18. The van der Waals surface area contributed by atoms with Gasteiger partial charge in [-0.3, -0.25) is 0 Å². The topological polar surface area (TPSA) is 60.0 Å². The van der Waals surface area contributed by atoms with Crippen molar-refractivity contribution in [1.82, 2.24) is 5.32 Å².